The molecule has 1 aliphatic carbocycles. The van der Waals surface area contributed by atoms with E-state index in [2.05, 4.69) is 17.4 Å². The number of benzene rings is 2. The van der Waals surface area contributed by atoms with Crippen molar-refractivity contribution in [3.63, 3.8) is 0 Å². The van der Waals surface area contributed by atoms with Crippen molar-refractivity contribution in [3.05, 3.63) is 64.7 Å². The number of hydrogen-bond acceptors (Lipinski definition) is 5. The van der Waals surface area contributed by atoms with Crippen LogP contribution < -0.4 is 10.1 Å². The molecule has 0 heterocycles. The first-order valence-corrected chi connectivity index (χ1v) is 14.4. The van der Waals surface area contributed by atoms with Gasteiger partial charge in [-0.3, -0.25) is 0 Å². The zero-order valence-corrected chi connectivity index (χ0v) is 24.8. The minimum atomic E-state index is -1.34. The van der Waals surface area contributed by atoms with Gasteiger partial charge in [-0.15, -0.1) is 0 Å². The van der Waals surface area contributed by atoms with Gasteiger partial charge in [0.2, 0.25) is 0 Å². The molecule has 2 amide bonds. The van der Waals surface area contributed by atoms with Gasteiger partial charge in [-0.05, 0) is 77.5 Å². The van der Waals surface area contributed by atoms with Gasteiger partial charge < -0.3 is 29.9 Å². The van der Waals surface area contributed by atoms with Crippen LogP contribution in [0.1, 0.15) is 88.6 Å². The van der Waals surface area contributed by atoms with Crippen LogP contribution in [0.5, 0.6) is 5.75 Å². The van der Waals surface area contributed by atoms with Gasteiger partial charge in [-0.25, -0.2) is 9.59 Å². The Kier molecular flexibility index (Phi) is 10.6. The number of rotatable bonds is 14. The SMILES string of the molecule is CCOc1c(C(C)(C)O)ccc([C@@H](C)N(CCCCc2ccccc2)C(=O)NC2(C(=O)O)CC(OCC)C2)c1C. The number of carbonyl (C=O) groups excluding carboxylic acids is 1. The molecule has 0 unspecified atom stereocenters. The van der Waals surface area contributed by atoms with E-state index in [1.54, 1.807) is 18.7 Å². The maximum absolute atomic E-state index is 13.8. The van der Waals surface area contributed by atoms with E-state index >= 15 is 0 Å². The van der Waals surface area contributed by atoms with Gasteiger partial charge in [-0.2, -0.15) is 0 Å². The van der Waals surface area contributed by atoms with Crippen LogP contribution in [0.2, 0.25) is 0 Å². The second-order valence-electron chi connectivity index (χ2n) is 11.3. The van der Waals surface area contributed by atoms with Crippen molar-refractivity contribution in [2.24, 2.45) is 0 Å². The summed E-state index contributed by atoms with van der Waals surface area (Å²) >= 11 is 0. The van der Waals surface area contributed by atoms with Crippen LogP contribution >= 0.6 is 0 Å². The number of carboxylic acids is 1. The second kappa shape index (κ2) is 13.5. The molecule has 0 aromatic heterocycles. The summed E-state index contributed by atoms with van der Waals surface area (Å²) in [6.07, 6.45) is 2.85. The Morgan fingerprint density at radius 2 is 1.77 bits per heavy atom. The number of carbonyl (C=O) groups is 2. The van der Waals surface area contributed by atoms with Gasteiger partial charge in [0, 0.05) is 31.6 Å². The van der Waals surface area contributed by atoms with Crippen molar-refractivity contribution in [1.29, 1.82) is 0 Å². The summed E-state index contributed by atoms with van der Waals surface area (Å²) in [5.74, 6) is -0.429. The number of hydrogen-bond donors (Lipinski definition) is 3. The predicted molar refractivity (Wildman–Crippen MR) is 156 cm³/mol. The number of aliphatic hydroxyl groups is 1. The summed E-state index contributed by atoms with van der Waals surface area (Å²) in [6.45, 7) is 12.5. The Balaban J connectivity index is 1.87. The molecule has 2 aromatic carbocycles. The number of ether oxygens (including phenoxy) is 2. The van der Waals surface area contributed by atoms with Gasteiger partial charge >= 0.3 is 12.0 Å². The maximum atomic E-state index is 13.8. The first-order valence-electron chi connectivity index (χ1n) is 14.4. The van der Waals surface area contributed by atoms with Crippen molar-refractivity contribution in [3.8, 4) is 5.75 Å². The molecular formula is C32H46N2O6. The number of nitrogens with zero attached hydrogens (tertiary/aromatic N) is 1. The van der Waals surface area contributed by atoms with E-state index in [9.17, 15) is 19.8 Å². The zero-order valence-electron chi connectivity index (χ0n) is 24.8. The molecule has 1 aliphatic rings. The van der Waals surface area contributed by atoms with E-state index in [1.807, 2.05) is 58.0 Å². The molecule has 1 saturated carbocycles. The van der Waals surface area contributed by atoms with Gasteiger partial charge in [0.25, 0.3) is 0 Å². The van der Waals surface area contributed by atoms with Crippen molar-refractivity contribution in [2.75, 3.05) is 19.8 Å². The molecule has 0 spiro atoms. The molecule has 0 bridgehead atoms. The molecule has 1 atom stereocenters. The van der Waals surface area contributed by atoms with Gasteiger partial charge in [0.15, 0.2) is 0 Å². The highest BCUT2D eigenvalue weighted by Crippen LogP contribution is 2.39. The zero-order chi connectivity index (χ0) is 29.5. The van der Waals surface area contributed by atoms with Crippen LogP contribution in [-0.4, -0.2) is 58.5 Å². The first-order chi connectivity index (χ1) is 18.9. The smallest absolute Gasteiger partial charge is 0.329 e. The Bertz CT molecular complexity index is 1140. The number of aryl methyl sites for hydroxylation is 1. The van der Waals surface area contributed by atoms with Gasteiger partial charge in [-0.1, -0.05) is 42.5 Å². The standard InChI is InChI=1S/C32H46N2O6/c1-7-39-25-20-32(21-25,29(35)36)33-30(37)34(19-13-12-16-24-14-10-9-11-15-24)23(4)26-17-18-27(31(5,6)38)28(22(26)3)40-8-2/h9-11,14-15,17-18,23,25,38H,7-8,12-13,16,19-21H2,1-6H3,(H,33,37)(H,35,36)/t23-,25?,32?/m1/s1. The maximum Gasteiger partial charge on any atom is 0.329 e. The van der Waals surface area contributed by atoms with Crippen molar-refractivity contribution < 1.29 is 29.3 Å². The van der Waals surface area contributed by atoms with Crippen LogP contribution in [0.3, 0.4) is 0 Å². The lowest BCUT2D eigenvalue weighted by Crippen LogP contribution is -2.66. The Hall–Kier alpha value is -3.10. The van der Waals surface area contributed by atoms with E-state index in [-0.39, 0.29) is 25.0 Å². The Morgan fingerprint density at radius 1 is 1.10 bits per heavy atom. The summed E-state index contributed by atoms with van der Waals surface area (Å²) in [4.78, 5) is 27.8. The van der Waals surface area contributed by atoms with Crippen LogP contribution in [0.4, 0.5) is 4.79 Å². The molecule has 8 heteroatoms. The van der Waals surface area contributed by atoms with Crippen LogP contribution in [0, 0.1) is 6.92 Å². The second-order valence-corrected chi connectivity index (χ2v) is 11.3. The van der Waals surface area contributed by atoms with Crippen LogP contribution in [-0.2, 0) is 21.6 Å². The number of urea groups is 1. The van der Waals surface area contributed by atoms with E-state index in [4.69, 9.17) is 9.47 Å². The fourth-order valence-electron chi connectivity index (χ4n) is 5.54. The molecule has 40 heavy (non-hydrogen) atoms. The molecule has 0 aliphatic heterocycles. The minimum Gasteiger partial charge on any atom is -0.493 e. The average molecular weight is 555 g/mol. The van der Waals surface area contributed by atoms with Crippen LogP contribution in [0.15, 0.2) is 42.5 Å². The summed E-state index contributed by atoms with van der Waals surface area (Å²) in [7, 11) is 0. The monoisotopic (exact) mass is 554 g/mol. The number of aliphatic carboxylic acids is 1. The lowest BCUT2D eigenvalue weighted by Gasteiger charge is -2.45. The Morgan fingerprint density at radius 3 is 2.35 bits per heavy atom. The average Bonchev–Trinajstić information content (AvgIpc) is 2.88. The van der Waals surface area contributed by atoms with Gasteiger partial charge in [0.05, 0.1) is 24.4 Å². The Labute approximate surface area is 238 Å². The first kappa shape index (κ1) is 31.4. The third-order valence-electron chi connectivity index (χ3n) is 7.84. The number of carboxylic acid groups (broad SMARTS) is 1. The van der Waals surface area contributed by atoms with E-state index in [0.29, 0.717) is 31.1 Å². The van der Waals surface area contributed by atoms with Crippen molar-refractivity contribution in [1.82, 2.24) is 10.2 Å². The fourth-order valence-corrected chi connectivity index (χ4v) is 5.54. The minimum absolute atomic E-state index is 0.177. The third-order valence-corrected chi connectivity index (χ3v) is 7.84. The number of unbranched alkanes of at least 4 members (excludes halogenated alkanes) is 1. The highest BCUT2D eigenvalue weighted by atomic mass is 16.5. The largest absolute Gasteiger partial charge is 0.493 e. The lowest BCUT2D eigenvalue weighted by atomic mass is 9.74. The van der Waals surface area contributed by atoms with E-state index < -0.39 is 23.1 Å². The highest BCUT2D eigenvalue weighted by Gasteiger charge is 2.53. The number of nitrogens with one attached hydrogen (secondary N) is 1. The third kappa shape index (κ3) is 7.34. The summed E-state index contributed by atoms with van der Waals surface area (Å²) < 4.78 is 11.6. The van der Waals surface area contributed by atoms with Crippen molar-refractivity contribution >= 4 is 12.0 Å². The topological polar surface area (TPSA) is 108 Å². The summed E-state index contributed by atoms with van der Waals surface area (Å²) in [5, 5.41) is 23.6. The molecule has 1 fully saturated rings. The lowest BCUT2D eigenvalue weighted by molar-refractivity contribution is -0.156. The fraction of sp³-hybridized carbons (Fsp3) is 0.562. The van der Waals surface area contributed by atoms with Crippen LogP contribution in [0.25, 0.3) is 0 Å². The van der Waals surface area contributed by atoms with Crippen molar-refractivity contribution in [2.45, 2.75) is 96.9 Å². The summed E-state index contributed by atoms with van der Waals surface area (Å²) in [6, 6.07) is 13.2. The molecule has 3 N–H and O–H groups in total. The quantitative estimate of drug-likeness (QED) is 0.257. The molecular weight excluding hydrogens is 508 g/mol. The van der Waals surface area contributed by atoms with E-state index in [1.165, 1.54) is 5.56 Å². The molecule has 8 nitrogen and oxygen atoms in total. The number of amides is 2. The normalized spacial score (nSPS) is 19.4. The molecule has 220 valence electrons. The molecule has 3 rings (SSSR count). The van der Waals surface area contributed by atoms with E-state index in [0.717, 1.165) is 30.4 Å². The molecule has 0 radical (unpaired) electrons. The summed E-state index contributed by atoms with van der Waals surface area (Å²) in [5.41, 5.74) is 1.23. The predicted octanol–water partition coefficient (Wildman–Crippen LogP) is 5.74. The molecule has 0 saturated heterocycles. The van der Waals surface area contributed by atoms with Gasteiger partial charge in [0.1, 0.15) is 11.3 Å². The highest BCUT2D eigenvalue weighted by molar-refractivity contribution is 5.87. The molecule has 2 aromatic rings.